The fourth-order valence-corrected chi connectivity index (χ4v) is 13.2. The molecule has 0 aromatic heterocycles. The molecule has 1 aliphatic rings. The van der Waals surface area contributed by atoms with Gasteiger partial charge in [-0.1, -0.05) is 411 Å². The summed E-state index contributed by atoms with van der Waals surface area (Å²) in [4.78, 5) is 13.2. The lowest BCUT2D eigenvalue weighted by Gasteiger charge is -2.40. The molecule has 0 radical (unpaired) electrons. The number of hydrogen-bond donors (Lipinski definition) is 6. The third kappa shape index (κ3) is 56.2. The van der Waals surface area contributed by atoms with Gasteiger partial charge in [0.1, 0.15) is 24.4 Å². The molecule has 7 atom stereocenters. The van der Waals surface area contributed by atoms with Crippen molar-refractivity contribution in [2.45, 2.75) is 468 Å². The highest BCUT2D eigenvalue weighted by molar-refractivity contribution is 5.76. The Morgan fingerprint density at radius 1 is 0.379 bits per heavy atom. The van der Waals surface area contributed by atoms with Crippen LogP contribution in [0.4, 0.5) is 0 Å². The van der Waals surface area contributed by atoms with Crippen molar-refractivity contribution in [3.63, 3.8) is 0 Å². The number of carbonyl (C=O) groups excluding carboxylic acids is 1. The minimum absolute atomic E-state index is 0.165. The first-order chi connectivity index (χ1) is 42.8. The first-order valence-corrected chi connectivity index (χ1v) is 39.4. The third-order valence-electron chi connectivity index (χ3n) is 19.4. The van der Waals surface area contributed by atoms with Crippen LogP contribution >= 0.6 is 0 Å². The summed E-state index contributed by atoms with van der Waals surface area (Å²) in [5.74, 6) is -0.165. The Bertz CT molecular complexity index is 1380. The summed E-state index contributed by atoms with van der Waals surface area (Å²) in [6.45, 7) is 3.86. The van der Waals surface area contributed by atoms with E-state index in [-0.39, 0.29) is 12.5 Å². The summed E-state index contributed by atoms with van der Waals surface area (Å²) in [7, 11) is 0. The number of aliphatic hydroxyl groups is 5. The first-order valence-electron chi connectivity index (χ1n) is 39.4. The molecule has 87 heavy (non-hydrogen) atoms. The molecule has 518 valence electrons. The maximum absolute atomic E-state index is 13.2. The van der Waals surface area contributed by atoms with E-state index in [0.29, 0.717) is 6.42 Å². The molecule has 1 fully saturated rings. The highest BCUT2D eigenvalue weighted by Gasteiger charge is 2.44. The first kappa shape index (κ1) is 83.9. The SMILES string of the molecule is CCCCCCCCCCCCCCCCCCCCCCCCCCCCC/C=C/C(O)C(COC1OC(CO)C(O)C(O)C1O)NC(=O)CCCCCCCCCCCCCCCCCCCCCCCCCCCCCCCCCCCCC. The van der Waals surface area contributed by atoms with Gasteiger partial charge in [0, 0.05) is 6.42 Å². The number of carbonyl (C=O) groups is 1. The topological polar surface area (TPSA) is 149 Å². The maximum atomic E-state index is 13.2. The number of unbranched alkanes of at least 4 members (excludes halogenated alkanes) is 61. The highest BCUT2D eigenvalue weighted by atomic mass is 16.7. The van der Waals surface area contributed by atoms with Crippen molar-refractivity contribution >= 4 is 5.91 Å². The zero-order chi connectivity index (χ0) is 62.8. The molecule has 1 saturated heterocycles. The van der Waals surface area contributed by atoms with Crippen LogP contribution in [0, 0.1) is 0 Å². The molecule has 7 unspecified atom stereocenters. The second-order valence-electron chi connectivity index (χ2n) is 27.9. The highest BCUT2D eigenvalue weighted by Crippen LogP contribution is 2.24. The van der Waals surface area contributed by atoms with Gasteiger partial charge in [0.05, 0.1) is 25.4 Å². The van der Waals surface area contributed by atoms with Crippen LogP contribution in [0.5, 0.6) is 0 Å². The lowest BCUT2D eigenvalue weighted by Crippen LogP contribution is -2.60. The van der Waals surface area contributed by atoms with Gasteiger partial charge in [-0.3, -0.25) is 4.79 Å². The van der Waals surface area contributed by atoms with Gasteiger partial charge in [-0.25, -0.2) is 0 Å². The molecule has 0 saturated carbocycles. The fraction of sp³-hybridized carbons (Fsp3) is 0.962. The zero-order valence-corrected chi connectivity index (χ0v) is 58.3. The Balaban J connectivity index is 2.06. The van der Waals surface area contributed by atoms with E-state index >= 15 is 0 Å². The lowest BCUT2D eigenvalue weighted by molar-refractivity contribution is -0.302. The van der Waals surface area contributed by atoms with Crippen LogP contribution < -0.4 is 5.32 Å². The Morgan fingerprint density at radius 3 is 0.897 bits per heavy atom. The summed E-state index contributed by atoms with van der Waals surface area (Å²) in [6, 6.07) is -0.803. The van der Waals surface area contributed by atoms with E-state index in [1.807, 2.05) is 6.08 Å². The van der Waals surface area contributed by atoms with Gasteiger partial charge in [0.25, 0.3) is 0 Å². The van der Waals surface area contributed by atoms with Gasteiger partial charge in [0.2, 0.25) is 5.91 Å². The van der Waals surface area contributed by atoms with Gasteiger partial charge in [-0.2, -0.15) is 0 Å². The number of aliphatic hydroxyl groups excluding tert-OH is 5. The molecule has 0 aromatic carbocycles. The van der Waals surface area contributed by atoms with Gasteiger partial charge in [0.15, 0.2) is 6.29 Å². The molecule has 0 aliphatic carbocycles. The molecule has 1 amide bonds. The van der Waals surface area contributed by atoms with E-state index in [2.05, 4.69) is 19.2 Å². The van der Waals surface area contributed by atoms with E-state index in [4.69, 9.17) is 9.47 Å². The minimum Gasteiger partial charge on any atom is -0.394 e. The monoisotopic (exact) mass is 1230 g/mol. The van der Waals surface area contributed by atoms with Crippen molar-refractivity contribution in [1.82, 2.24) is 5.32 Å². The molecule has 6 N–H and O–H groups in total. The average molecular weight is 1230 g/mol. The normalized spacial score (nSPS) is 17.9. The van der Waals surface area contributed by atoms with Crippen LogP contribution in [-0.2, 0) is 14.3 Å². The predicted molar refractivity (Wildman–Crippen MR) is 374 cm³/mol. The van der Waals surface area contributed by atoms with Gasteiger partial charge in [-0.05, 0) is 19.3 Å². The number of rotatable bonds is 71. The third-order valence-corrected chi connectivity index (χ3v) is 19.4. The van der Waals surface area contributed by atoms with Crippen molar-refractivity contribution in [3.8, 4) is 0 Å². The molecule has 1 heterocycles. The van der Waals surface area contributed by atoms with Crippen molar-refractivity contribution in [2.75, 3.05) is 13.2 Å². The number of hydrogen-bond acceptors (Lipinski definition) is 8. The molecule has 9 heteroatoms. The standard InChI is InChI=1S/C78H153NO8/c1-3-5-7-9-11-13-15-17-19-21-23-25-27-29-31-33-34-35-36-37-38-40-42-44-46-48-50-52-54-56-58-60-62-64-66-68-74(82)79-71(70-86-78-77(85)76(84)75(83)73(69-80)87-78)72(81)67-65-63-61-59-57-55-53-51-49-47-45-43-41-39-32-30-28-26-24-22-20-18-16-14-12-10-8-6-4-2/h65,67,71-73,75-78,80-81,83-85H,3-64,66,68-70H2,1-2H3,(H,79,82)/b67-65+. The van der Waals surface area contributed by atoms with Gasteiger partial charge >= 0.3 is 0 Å². The zero-order valence-electron chi connectivity index (χ0n) is 58.3. The van der Waals surface area contributed by atoms with E-state index in [0.717, 1.165) is 38.5 Å². The molecule has 9 nitrogen and oxygen atoms in total. The summed E-state index contributed by atoms with van der Waals surface area (Å²) in [6.07, 6.45) is 82.2. The molecule has 0 aromatic rings. The Hall–Kier alpha value is -1.07. The molecule has 1 rings (SSSR count). The summed E-state index contributed by atoms with van der Waals surface area (Å²) in [5, 5.41) is 54.9. The van der Waals surface area contributed by atoms with E-state index in [1.54, 1.807) is 6.08 Å². The van der Waals surface area contributed by atoms with E-state index < -0.39 is 49.5 Å². The second kappa shape index (κ2) is 67.8. The fourth-order valence-electron chi connectivity index (χ4n) is 13.2. The Kier molecular flexibility index (Phi) is 65.4. The van der Waals surface area contributed by atoms with Crippen molar-refractivity contribution in [3.05, 3.63) is 12.2 Å². The quantitative estimate of drug-likeness (QED) is 0.0261. The molecular formula is C78H153NO8. The molecule has 0 spiro atoms. The van der Waals surface area contributed by atoms with Crippen LogP contribution in [-0.4, -0.2) is 87.5 Å². The summed E-state index contributed by atoms with van der Waals surface area (Å²) in [5.41, 5.74) is 0. The number of amides is 1. The van der Waals surface area contributed by atoms with Gasteiger partial charge < -0.3 is 40.3 Å². The number of nitrogens with one attached hydrogen (secondary N) is 1. The van der Waals surface area contributed by atoms with Crippen LogP contribution in [0.2, 0.25) is 0 Å². The van der Waals surface area contributed by atoms with Crippen LogP contribution in [0.1, 0.15) is 425 Å². The molecule has 0 bridgehead atoms. The van der Waals surface area contributed by atoms with Crippen molar-refractivity contribution in [2.24, 2.45) is 0 Å². The smallest absolute Gasteiger partial charge is 0.220 e. The van der Waals surface area contributed by atoms with Crippen LogP contribution in [0.25, 0.3) is 0 Å². The lowest BCUT2D eigenvalue weighted by atomic mass is 9.99. The Morgan fingerprint density at radius 2 is 0.632 bits per heavy atom. The van der Waals surface area contributed by atoms with E-state index in [1.165, 1.54) is 366 Å². The maximum Gasteiger partial charge on any atom is 0.220 e. The van der Waals surface area contributed by atoms with Gasteiger partial charge in [-0.15, -0.1) is 0 Å². The van der Waals surface area contributed by atoms with Crippen molar-refractivity contribution in [1.29, 1.82) is 0 Å². The summed E-state index contributed by atoms with van der Waals surface area (Å²) < 4.78 is 11.3. The number of allylic oxidation sites excluding steroid dienone is 1. The number of ether oxygens (including phenoxy) is 2. The largest absolute Gasteiger partial charge is 0.394 e. The van der Waals surface area contributed by atoms with Crippen LogP contribution in [0.3, 0.4) is 0 Å². The minimum atomic E-state index is -1.57. The Labute approximate surface area is 541 Å². The average Bonchev–Trinajstić information content (AvgIpc) is 3.38. The van der Waals surface area contributed by atoms with Crippen LogP contribution in [0.15, 0.2) is 12.2 Å². The summed E-state index contributed by atoms with van der Waals surface area (Å²) >= 11 is 0. The molecule has 1 aliphatic heterocycles. The molecular weight excluding hydrogens is 1080 g/mol. The predicted octanol–water partition coefficient (Wildman–Crippen LogP) is 22.2. The van der Waals surface area contributed by atoms with Crippen molar-refractivity contribution < 1.29 is 39.8 Å². The second-order valence-corrected chi connectivity index (χ2v) is 27.9. The van der Waals surface area contributed by atoms with E-state index in [9.17, 15) is 30.3 Å².